The molecule has 3 saturated carbocycles. The third-order valence-electron chi connectivity index (χ3n) is 10.8. The van der Waals surface area contributed by atoms with Crippen LogP contribution in [0, 0.1) is 28.6 Å². The van der Waals surface area contributed by atoms with E-state index in [1.807, 2.05) is 6.92 Å². The Balaban J connectivity index is 1.57. The van der Waals surface area contributed by atoms with Gasteiger partial charge in [-0.2, -0.15) is 0 Å². The van der Waals surface area contributed by atoms with Crippen molar-refractivity contribution >= 4 is 35.5 Å². The Bertz CT molecular complexity index is 1280. The van der Waals surface area contributed by atoms with Gasteiger partial charge in [0.15, 0.2) is 0 Å². The van der Waals surface area contributed by atoms with E-state index >= 15 is 0 Å². The number of Topliss-reactive ketones (excluding diaryl/α,β-unsaturated/α-hetero) is 1. The van der Waals surface area contributed by atoms with Crippen LogP contribution in [0.25, 0.3) is 0 Å². The van der Waals surface area contributed by atoms with E-state index in [1.165, 1.54) is 0 Å². The van der Waals surface area contributed by atoms with Crippen molar-refractivity contribution in [1.82, 2.24) is 20.9 Å². The Morgan fingerprint density at radius 1 is 0.978 bits per heavy atom. The number of hydrogen-bond acceptors (Lipinski definition) is 7. The molecule has 1 aliphatic heterocycles. The highest BCUT2D eigenvalue weighted by Crippen LogP contribution is 2.65. The number of rotatable bonds is 12. The number of nitrogens with two attached hydrogens (primary N) is 1. The van der Waals surface area contributed by atoms with Crippen LogP contribution in [0.2, 0.25) is 0 Å². The van der Waals surface area contributed by atoms with E-state index in [9.17, 15) is 28.8 Å². The summed E-state index contributed by atoms with van der Waals surface area (Å²) in [5, 5.41) is 8.31. The van der Waals surface area contributed by atoms with E-state index in [4.69, 9.17) is 10.5 Å². The maximum Gasteiger partial charge on any atom is 0.333 e. The number of esters is 1. The van der Waals surface area contributed by atoms with Crippen LogP contribution in [-0.2, 0) is 28.7 Å². The summed E-state index contributed by atoms with van der Waals surface area (Å²) in [6.07, 6.45) is 6.35. The predicted molar refractivity (Wildman–Crippen MR) is 171 cm³/mol. The zero-order chi connectivity index (χ0) is 34.4. The average molecular weight is 644 g/mol. The minimum atomic E-state index is -1.12. The molecule has 0 bridgehead atoms. The van der Waals surface area contributed by atoms with Crippen LogP contribution in [0.3, 0.4) is 0 Å². The number of piperidine rings is 1. The molecule has 3 aliphatic carbocycles. The molecule has 1 saturated heterocycles. The summed E-state index contributed by atoms with van der Waals surface area (Å²) in [4.78, 5) is 81.0. The molecule has 0 aromatic heterocycles. The number of primary amides is 1. The first-order valence-electron chi connectivity index (χ1n) is 16.7. The minimum absolute atomic E-state index is 0.0648. The SMILES string of the molecule is C=C(C)[C@H](NC(=O)N[C@H](C(=O)N1C[C@H]2[C@@H]([C@H]1C(=O)NC(CC1CCC1)C(=O)C(N)=O)C2(C)C)C1(C)CCCC1)C(=O)OC(C)(C)C. The van der Waals surface area contributed by atoms with Crippen LogP contribution in [-0.4, -0.2) is 76.7 Å². The van der Waals surface area contributed by atoms with E-state index < -0.39 is 64.8 Å². The van der Waals surface area contributed by atoms with Crippen molar-refractivity contribution in [2.24, 2.45) is 34.3 Å². The monoisotopic (exact) mass is 643 g/mol. The second-order valence-corrected chi connectivity index (χ2v) is 15.9. The first-order valence-corrected chi connectivity index (χ1v) is 16.7. The molecule has 4 fully saturated rings. The Morgan fingerprint density at radius 3 is 2.09 bits per heavy atom. The number of urea groups is 1. The molecule has 0 aromatic rings. The molecular formula is C34H53N5O7. The van der Waals surface area contributed by atoms with Gasteiger partial charge in [-0.25, -0.2) is 9.59 Å². The fraction of sp³-hybridized carbons (Fsp3) is 0.765. The summed E-state index contributed by atoms with van der Waals surface area (Å²) in [5.74, 6) is -3.33. The van der Waals surface area contributed by atoms with Gasteiger partial charge in [0.1, 0.15) is 23.7 Å². The molecule has 12 heteroatoms. The van der Waals surface area contributed by atoms with Crippen molar-refractivity contribution in [2.75, 3.05) is 6.54 Å². The number of carbonyl (C=O) groups is 6. The number of fused-ring (bicyclic) bond motifs is 1. The first kappa shape index (κ1) is 35.4. The molecule has 1 unspecified atom stereocenters. The summed E-state index contributed by atoms with van der Waals surface area (Å²) < 4.78 is 5.48. The molecule has 12 nitrogen and oxygen atoms in total. The van der Waals surface area contributed by atoms with Gasteiger partial charge in [-0.15, -0.1) is 0 Å². The van der Waals surface area contributed by atoms with E-state index in [1.54, 1.807) is 32.6 Å². The van der Waals surface area contributed by atoms with Crippen molar-refractivity contribution in [3.63, 3.8) is 0 Å². The maximum atomic E-state index is 14.5. The topological polar surface area (TPSA) is 177 Å². The van der Waals surface area contributed by atoms with Gasteiger partial charge in [-0.3, -0.25) is 19.2 Å². The molecule has 256 valence electrons. The highest BCUT2D eigenvalue weighted by molar-refractivity contribution is 6.37. The fourth-order valence-electron chi connectivity index (χ4n) is 7.75. The highest BCUT2D eigenvalue weighted by atomic mass is 16.6. The van der Waals surface area contributed by atoms with Crippen LogP contribution in [0.1, 0.15) is 99.8 Å². The van der Waals surface area contributed by atoms with Crippen LogP contribution in [0.15, 0.2) is 12.2 Å². The summed E-state index contributed by atoms with van der Waals surface area (Å²) in [7, 11) is 0. The third kappa shape index (κ3) is 7.41. The summed E-state index contributed by atoms with van der Waals surface area (Å²) >= 11 is 0. The van der Waals surface area contributed by atoms with E-state index in [0.717, 1.165) is 32.1 Å². The summed E-state index contributed by atoms with van der Waals surface area (Å²) in [6.45, 7) is 17.0. The third-order valence-corrected chi connectivity index (χ3v) is 10.8. The molecule has 6 atom stereocenters. The summed E-state index contributed by atoms with van der Waals surface area (Å²) in [6, 6.07) is -4.75. The Kier molecular flexibility index (Phi) is 10.00. The van der Waals surface area contributed by atoms with Gasteiger partial charge < -0.3 is 31.3 Å². The van der Waals surface area contributed by atoms with Crippen LogP contribution in [0.4, 0.5) is 4.79 Å². The quantitative estimate of drug-likeness (QED) is 0.144. The Hall–Kier alpha value is -3.44. The molecular weight excluding hydrogens is 590 g/mol. The van der Waals surface area contributed by atoms with Gasteiger partial charge in [0.25, 0.3) is 5.91 Å². The molecule has 5 amide bonds. The van der Waals surface area contributed by atoms with Gasteiger partial charge in [-0.1, -0.05) is 59.5 Å². The van der Waals surface area contributed by atoms with E-state index in [0.29, 0.717) is 31.4 Å². The Morgan fingerprint density at radius 2 is 1.59 bits per heavy atom. The molecule has 5 N–H and O–H groups in total. The molecule has 0 aromatic carbocycles. The van der Waals surface area contributed by atoms with Crippen molar-refractivity contribution in [3.8, 4) is 0 Å². The standard InChI is InChI=1S/C34H53N5O7/c1-18(2)23(30(44)46-32(3,4)5)37-31(45)38-26(34(8)14-9-10-15-34)29(43)39-17-20-22(33(20,6)7)24(39)28(42)36-21(25(40)27(35)41)16-19-12-11-13-19/h19-24,26H,1,9-17H2,2-8H3,(H2,35,41)(H,36,42)(H2,37,38,45)/t20-,21?,22-,23-,24-,26+/m0/s1. The lowest BCUT2D eigenvalue weighted by Gasteiger charge is -2.39. The maximum absolute atomic E-state index is 14.5. The number of ketones is 1. The zero-order valence-corrected chi connectivity index (χ0v) is 28.5. The van der Waals surface area contributed by atoms with Gasteiger partial charge >= 0.3 is 12.0 Å². The van der Waals surface area contributed by atoms with E-state index in [-0.39, 0.29) is 29.1 Å². The zero-order valence-electron chi connectivity index (χ0n) is 28.5. The van der Waals surface area contributed by atoms with Gasteiger partial charge in [0.05, 0.1) is 6.04 Å². The second-order valence-electron chi connectivity index (χ2n) is 15.9. The van der Waals surface area contributed by atoms with Crippen molar-refractivity contribution in [3.05, 3.63) is 12.2 Å². The highest BCUT2D eigenvalue weighted by Gasteiger charge is 2.70. The lowest BCUT2D eigenvalue weighted by atomic mass is 9.79. The second kappa shape index (κ2) is 13.0. The molecule has 0 spiro atoms. The molecule has 0 radical (unpaired) electrons. The smallest absolute Gasteiger partial charge is 0.333 e. The molecule has 4 aliphatic rings. The number of likely N-dealkylation sites (tertiary alicyclic amines) is 1. The van der Waals surface area contributed by atoms with Crippen LogP contribution >= 0.6 is 0 Å². The van der Waals surface area contributed by atoms with Crippen molar-refractivity contribution < 1.29 is 33.5 Å². The number of nitrogens with one attached hydrogen (secondary N) is 3. The lowest BCUT2D eigenvalue weighted by Crippen LogP contribution is -2.62. The van der Waals surface area contributed by atoms with Crippen molar-refractivity contribution in [2.45, 2.75) is 130 Å². The largest absolute Gasteiger partial charge is 0.458 e. The molecule has 46 heavy (non-hydrogen) atoms. The Labute approximate surface area is 272 Å². The van der Waals surface area contributed by atoms with Gasteiger partial charge in [0, 0.05) is 6.54 Å². The fourth-order valence-corrected chi connectivity index (χ4v) is 7.75. The first-order chi connectivity index (χ1) is 21.3. The van der Waals surface area contributed by atoms with Crippen LogP contribution < -0.4 is 21.7 Å². The normalized spacial score (nSPS) is 26.4. The van der Waals surface area contributed by atoms with Gasteiger partial charge in [0.2, 0.25) is 17.6 Å². The summed E-state index contributed by atoms with van der Waals surface area (Å²) in [5.41, 5.74) is 4.15. The van der Waals surface area contributed by atoms with E-state index in [2.05, 4.69) is 36.4 Å². The van der Waals surface area contributed by atoms with Crippen molar-refractivity contribution in [1.29, 1.82) is 0 Å². The minimum Gasteiger partial charge on any atom is -0.458 e. The molecule has 4 rings (SSSR count). The predicted octanol–water partition coefficient (Wildman–Crippen LogP) is 2.73. The number of amides is 5. The number of hydrogen-bond donors (Lipinski definition) is 4. The lowest BCUT2D eigenvalue weighted by molar-refractivity contribution is -0.156. The average Bonchev–Trinajstić information content (AvgIpc) is 3.29. The number of nitrogens with zero attached hydrogens (tertiary/aromatic N) is 1. The van der Waals surface area contributed by atoms with Crippen LogP contribution in [0.5, 0.6) is 0 Å². The van der Waals surface area contributed by atoms with Gasteiger partial charge in [-0.05, 0) is 81.1 Å². The molecule has 1 heterocycles. The number of carbonyl (C=O) groups excluding carboxylic acids is 6. The number of ether oxygens (including phenoxy) is 1.